The lowest BCUT2D eigenvalue weighted by Crippen LogP contribution is -2.46. The van der Waals surface area contributed by atoms with Crippen LogP contribution >= 0.6 is 11.3 Å². The van der Waals surface area contributed by atoms with Gasteiger partial charge < -0.3 is 14.2 Å². The van der Waals surface area contributed by atoms with Crippen molar-refractivity contribution >= 4 is 33.3 Å². The largest absolute Gasteiger partial charge is 0.462 e. The van der Waals surface area contributed by atoms with Gasteiger partial charge in [0.05, 0.1) is 17.7 Å². The second kappa shape index (κ2) is 8.31. The van der Waals surface area contributed by atoms with Crippen molar-refractivity contribution < 1.29 is 14.1 Å². The third kappa shape index (κ3) is 3.79. The van der Waals surface area contributed by atoms with E-state index in [1.54, 1.807) is 0 Å². The number of nitrogens with zero attached hydrogens (tertiary/aromatic N) is 5. The van der Waals surface area contributed by atoms with E-state index >= 15 is 0 Å². The van der Waals surface area contributed by atoms with Crippen molar-refractivity contribution in [2.45, 2.75) is 41.2 Å². The molecule has 0 atom stereocenters. The Morgan fingerprint density at radius 3 is 2.50 bits per heavy atom. The van der Waals surface area contributed by atoms with E-state index in [0.29, 0.717) is 17.3 Å². The van der Waals surface area contributed by atoms with Crippen LogP contribution in [0.3, 0.4) is 0 Å². The third-order valence-corrected chi connectivity index (χ3v) is 6.74. The monoisotopic (exact) mass is 429 g/mol. The maximum absolute atomic E-state index is 12.4. The molecule has 0 radical (unpaired) electrons. The fraction of sp³-hybridized carbons (Fsp3) is 0.524. The van der Waals surface area contributed by atoms with Crippen molar-refractivity contribution in [2.24, 2.45) is 0 Å². The minimum Gasteiger partial charge on any atom is -0.462 e. The Morgan fingerprint density at radius 2 is 1.87 bits per heavy atom. The third-order valence-electron chi connectivity index (χ3n) is 5.58. The van der Waals surface area contributed by atoms with Gasteiger partial charge in [-0.05, 0) is 40.2 Å². The van der Waals surface area contributed by atoms with Gasteiger partial charge in [0.15, 0.2) is 0 Å². The van der Waals surface area contributed by atoms with Crippen LogP contribution in [0, 0.1) is 27.7 Å². The van der Waals surface area contributed by atoms with E-state index in [1.165, 1.54) is 16.9 Å². The molecule has 1 saturated heterocycles. The van der Waals surface area contributed by atoms with Gasteiger partial charge in [-0.15, -0.1) is 11.3 Å². The Labute approximate surface area is 179 Å². The average Bonchev–Trinajstić information content (AvgIpc) is 3.22. The highest BCUT2D eigenvalue weighted by Gasteiger charge is 2.26. The van der Waals surface area contributed by atoms with Crippen LogP contribution in [0.2, 0.25) is 0 Å². The molecule has 0 bridgehead atoms. The lowest BCUT2D eigenvalue weighted by atomic mass is 10.1. The van der Waals surface area contributed by atoms with Crippen LogP contribution in [0.25, 0.3) is 10.2 Å². The van der Waals surface area contributed by atoms with Crippen molar-refractivity contribution in [3.63, 3.8) is 0 Å². The molecule has 1 fully saturated rings. The first kappa shape index (κ1) is 20.7. The van der Waals surface area contributed by atoms with Crippen LogP contribution in [0.15, 0.2) is 4.52 Å². The smallest absolute Gasteiger partial charge is 0.348 e. The predicted molar refractivity (Wildman–Crippen MR) is 116 cm³/mol. The first-order chi connectivity index (χ1) is 14.4. The van der Waals surface area contributed by atoms with Gasteiger partial charge in [-0.1, -0.05) is 5.16 Å². The Balaban J connectivity index is 1.57. The molecule has 3 aromatic heterocycles. The topological polar surface area (TPSA) is 84.6 Å². The average molecular weight is 430 g/mol. The van der Waals surface area contributed by atoms with Crippen molar-refractivity contribution in [3.8, 4) is 0 Å². The number of thiophene rings is 1. The molecule has 0 saturated carbocycles. The predicted octanol–water partition coefficient (Wildman–Crippen LogP) is 3.41. The molecule has 4 heterocycles. The van der Waals surface area contributed by atoms with E-state index in [4.69, 9.17) is 14.2 Å². The number of esters is 1. The fourth-order valence-electron chi connectivity index (χ4n) is 3.91. The number of fused-ring (bicyclic) bond motifs is 1. The maximum Gasteiger partial charge on any atom is 0.348 e. The molecule has 0 spiro atoms. The highest BCUT2D eigenvalue weighted by atomic mass is 32.1. The normalized spacial score (nSPS) is 15.2. The number of carbonyl (C=O) groups is 1. The summed E-state index contributed by atoms with van der Waals surface area (Å²) in [6.07, 6.45) is 0. The summed E-state index contributed by atoms with van der Waals surface area (Å²) in [6, 6.07) is 0. The lowest BCUT2D eigenvalue weighted by Gasteiger charge is -2.35. The second-order valence-corrected chi connectivity index (χ2v) is 8.62. The molecule has 30 heavy (non-hydrogen) atoms. The van der Waals surface area contributed by atoms with Crippen LogP contribution in [-0.4, -0.2) is 58.8 Å². The van der Waals surface area contributed by atoms with Crippen molar-refractivity contribution in [3.05, 3.63) is 33.3 Å². The van der Waals surface area contributed by atoms with Gasteiger partial charge in [-0.2, -0.15) is 0 Å². The summed E-state index contributed by atoms with van der Waals surface area (Å²) in [5, 5.41) is 5.03. The Bertz CT molecular complexity index is 1060. The van der Waals surface area contributed by atoms with Crippen LogP contribution < -0.4 is 4.90 Å². The summed E-state index contributed by atoms with van der Waals surface area (Å²) in [5.74, 6) is 2.24. The molecule has 3 aromatic rings. The number of rotatable bonds is 5. The molecule has 0 amide bonds. The molecule has 160 valence electrons. The molecule has 1 aliphatic rings. The first-order valence-corrected chi connectivity index (χ1v) is 11.0. The first-order valence-electron chi connectivity index (χ1n) is 10.2. The van der Waals surface area contributed by atoms with Gasteiger partial charge >= 0.3 is 5.97 Å². The standard InChI is InChI=1S/C21H27N5O3S/c1-6-28-21(27)18-12(2)17-19(22-15(5)23-20(17)30-18)26-9-7-25(8-10-26)11-16-13(3)24-29-14(16)4/h6-11H2,1-5H3. The molecular formula is C21H27N5O3S. The molecule has 0 N–H and O–H groups in total. The van der Waals surface area contributed by atoms with Crippen molar-refractivity contribution in [1.82, 2.24) is 20.0 Å². The van der Waals surface area contributed by atoms with Crippen molar-refractivity contribution in [1.29, 1.82) is 0 Å². The SMILES string of the molecule is CCOC(=O)c1sc2nc(C)nc(N3CCN(Cc4c(C)noc4C)CC3)c2c1C. The molecule has 8 nitrogen and oxygen atoms in total. The number of carbonyl (C=O) groups excluding carboxylic acids is 1. The minimum absolute atomic E-state index is 0.286. The maximum atomic E-state index is 12.4. The molecule has 0 unspecified atom stereocenters. The Morgan fingerprint density at radius 1 is 1.13 bits per heavy atom. The fourth-order valence-corrected chi connectivity index (χ4v) is 5.03. The number of aromatic nitrogens is 3. The van der Waals surface area contributed by atoms with Crippen LogP contribution in [-0.2, 0) is 11.3 Å². The highest BCUT2D eigenvalue weighted by Crippen LogP contribution is 2.36. The number of hydrogen-bond acceptors (Lipinski definition) is 9. The molecular weight excluding hydrogens is 402 g/mol. The van der Waals surface area contributed by atoms with Gasteiger partial charge in [0, 0.05) is 38.3 Å². The molecule has 0 aromatic carbocycles. The summed E-state index contributed by atoms with van der Waals surface area (Å²) in [5.41, 5.74) is 3.04. The van der Waals surface area contributed by atoms with Crippen LogP contribution in [0.4, 0.5) is 5.82 Å². The Hall–Kier alpha value is -2.52. The zero-order valence-electron chi connectivity index (χ0n) is 18.1. The van der Waals surface area contributed by atoms with Gasteiger partial charge in [0.2, 0.25) is 0 Å². The highest BCUT2D eigenvalue weighted by molar-refractivity contribution is 7.20. The van der Waals surface area contributed by atoms with Crippen molar-refractivity contribution in [2.75, 3.05) is 37.7 Å². The van der Waals surface area contributed by atoms with E-state index in [9.17, 15) is 4.79 Å². The van der Waals surface area contributed by atoms with Gasteiger partial charge in [-0.3, -0.25) is 4.90 Å². The Kier molecular flexibility index (Phi) is 5.75. The zero-order valence-corrected chi connectivity index (χ0v) is 18.9. The van der Waals surface area contributed by atoms with Gasteiger partial charge in [0.1, 0.15) is 27.1 Å². The number of ether oxygens (including phenoxy) is 1. The molecule has 4 rings (SSSR count). The lowest BCUT2D eigenvalue weighted by molar-refractivity contribution is 0.0531. The van der Waals surface area contributed by atoms with E-state index in [2.05, 4.69) is 19.9 Å². The molecule has 9 heteroatoms. The second-order valence-electron chi connectivity index (χ2n) is 7.62. The number of piperazine rings is 1. The summed E-state index contributed by atoms with van der Waals surface area (Å²) in [7, 11) is 0. The summed E-state index contributed by atoms with van der Waals surface area (Å²) in [4.78, 5) is 27.9. The van der Waals surface area contributed by atoms with E-state index in [1.807, 2.05) is 34.6 Å². The number of hydrogen-bond donors (Lipinski definition) is 0. The number of aryl methyl sites for hydroxylation is 4. The minimum atomic E-state index is -0.286. The van der Waals surface area contributed by atoms with Gasteiger partial charge in [0.25, 0.3) is 0 Å². The zero-order chi connectivity index (χ0) is 21.4. The summed E-state index contributed by atoms with van der Waals surface area (Å²) < 4.78 is 10.5. The summed E-state index contributed by atoms with van der Waals surface area (Å²) >= 11 is 1.39. The molecule has 1 aliphatic heterocycles. The quantitative estimate of drug-likeness (QED) is 0.571. The summed E-state index contributed by atoms with van der Waals surface area (Å²) in [6.45, 7) is 14.4. The van der Waals surface area contributed by atoms with Crippen LogP contribution in [0.5, 0.6) is 0 Å². The van der Waals surface area contributed by atoms with E-state index in [-0.39, 0.29) is 5.97 Å². The van der Waals surface area contributed by atoms with E-state index in [0.717, 1.165) is 65.8 Å². The molecule has 0 aliphatic carbocycles. The van der Waals surface area contributed by atoms with Gasteiger partial charge in [-0.25, -0.2) is 14.8 Å². The number of anilines is 1. The van der Waals surface area contributed by atoms with Crippen LogP contribution in [0.1, 0.15) is 45.0 Å². The van der Waals surface area contributed by atoms with E-state index < -0.39 is 0 Å².